The Kier molecular flexibility index (Phi) is 10.2. The molecule has 0 saturated heterocycles. The van der Waals surface area contributed by atoms with E-state index >= 15 is 0 Å². The summed E-state index contributed by atoms with van der Waals surface area (Å²) in [7, 11) is 5.78. The van der Waals surface area contributed by atoms with E-state index in [1.807, 2.05) is 27.7 Å². The van der Waals surface area contributed by atoms with Crippen molar-refractivity contribution < 1.29 is 38.4 Å². The maximum Gasteiger partial charge on any atom is 0.263 e. The molecule has 4 aromatic carbocycles. The fourth-order valence-electron chi connectivity index (χ4n) is 5.68. The van der Waals surface area contributed by atoms with E-state index in [2.05, 4.69) is 11.9 Å². The molecule has 0 atom stereocenters. The second kappa shape index (κ2) is 13.3. The van der Waals surface area contributed by atoms with Crippen LogP contribution < -0.4 is 20.5 Å². The van der Waals surface area contributed by atoms with Gasteiger partial charge in [-0.25, -0.2) is 33.7 Å². The van der Waals surface area contributed by atoms with E-state index in [1.54, 1.807) is 0 Å². The molecule has 0 aromatic heterocycles. The number of hydrogen-bond acceptors (Lipinski definition) is 10. The summed E-state index contributed by atoms with van der Waals surface area (Å²) in [4.78, 5) is -1.37. The number of rotatable bonds is 9. The van der Waals surface area contributed by atoms with Gasteiger partial charge in [0, 0.05) is 76.4 Å². The predicted molar refractivity (Wildman–Crippen MR) is 196 cm³/mol. The minimum atomic E-state index is -4.59. The molecule has 0 fully saturated rings. The summed E-state index contributed by atoms with van der Waals surface area (Å²) in [6.45, 7) is 11.0. The molecule has 266 valence electrons. The maximum atomic E-state index is 13.3. The number of hydrogen-bond donors (Lipinski definition) is 1. The zero-order chi connectivity index (χ0) is 37.3. The quantitative estimate of drug-likeness (QED) is 0.151. The number of ether oxygens (including phenoxy) is 1. The first-order valence-corrected chi connectivity index (χ1v) is 23.7. The van der Waals surface area contributed by atoms with Crippen molar-refractivity contribution in [1.29, 1.82) is 0 Å². The summed E-state index contributed by atoms with van der Waals surface area (Å²) in [5.41, 5.74) is 1.38. The van der Waals surface area contributed by atoms with Gasteiger partial charge in [0.2, 0.25) is 0 Å². The number of benzene rings is 4. The fourth-order valence-corrected chi connectivity index (χ4v) is 9.63. The third-order valence-corrected chi connectivity index (χ3v) is 13.4. The predicted octanol–water partition coefficient (Wildman–Crippen LogP) is 7.15. The Morgan fingerprint density at radius 1 is 0.620 bits per heavy atom. The van der Waals surface area contributed by atoms with Gasteiger partial charge in [0.25, 0.3) is 36.2 Å². The molecule has 0 spiro atoms. The van der Waals surface area contributed by atoms with Crippen LogP contribution in [0, 0.1) is 0 Å². The molecule has 0 unspecified atom stereocenters. The van der Waals surface area contributed by atoms with Crippen LogP contribution in [0.2, 0.25) is 0 Å². The van der Waals surface area contributed by atoms with E-state index < -0.39 is 46.0 Å². The summed E-state index contributed by atoms with van der Waals surface area (Å²) in [5, 5.41) is 3.15. The van der Waals surface area contributed by atoms with Crippen LogP contribution >= 0.6 is 42.7 Å². The van der Waals surface area contributed by atoms with Crippen LogP contribution in [-0.4, -0.2) is 33.7 Å². The average molecular weight is 840 g/mol. The Balaban J connectivity index is 1.92. The van der Waals surface area contributed by atoms with Crippen LogP contribution in [0.1, 0.15) is 61.8 Å². The summed E-state index contributed by atoms with van der Waals surface area (Å²) in [6, 6.07) is 13.3. The molecule has 0 saturated carbocycles. The van der Waals surface area contributed by atoms with Gasteiger partial charge >= 0.3 is 0 Å². The normalized spacial score (nSPS) is 13.6. The summed E-state index contributed by atoms with van der Waals surface area (Å²) in [5.74, 6) is -0.499. The van der Waals surface area contributed by atoms with Gasteiger partial charge in [0.05, 0.1) is 20.4 Å². The van der Waals surface area contributed by atoms with Crippen LogP contribution in [0.3, 0.4) is 0 Å². The van der Waals surface area contributed by atoms with E-state index in [0.29, 0.717) is 16.8 Å². The average Bonchev–Trinajstić information content (AvgIpc) is 2.97. The Labute approximate surface area is 308 Å². The van der Waals surface area contributed by atoms with Gasteiger partial charge in [-0.05, 0) is 64.6 Å². The summed E-state index contributed by atoms with van der Waals surface area (Å²) in [6.07, 6.45) is 0. The highest BCUT2D eigenvalue weighted by Crippen LogP contribution is 2.45. The van der Waals surface area contributed by atoms with Crippen molar-refractivity contribution >= 4 is 102 Å². The zero-order valence-electron chi connectivity index (χ0n) is 26.5. The van der Waals surface area contributed by atoms with E-state index in [9.17, 15) is 33.7 Å². The van der Waals surface area contributed by atoms with Crippen molar-refractivity contribution in [2.45, 2.75) is 59.1 Å². The fraction of sp³-hybridized carbons (Fsp3) is 0.188. The van der Waals surface area contributed by atoms with Crippen LogP contribution in [-0.2, 0) is 36.2 Å². The molecule has 1 heterocycles. The monoisotopic (exact) mass is 837 g/mol. The third kappa shape index (κ3) is 7.54. The Bertz CT molecular complexity index is 2650. The molecule has 1 N–H and O–H groups in total. The van der Waals surface area contributed by atoms with Gasteiger partial charge in [-0.1, -0.05) is 52.5 Å². The van der Waals surface area contributed by atoms with Gasteiger partial charge in [0.1, 0.15) is 16.4 Å². The molecule has 50 heavy (non-hydrogen) atoms. The molecular formula is C32H27Cl4NO9S4. The van der Waals surface area contributed by atoms with E-state index in [4.69, 9.17) is 47.5 Å². The van der Waals surface area contributed by atoms with Crippen molar-refractivity contribution in [2.75, 3.05) is 5.32 Å². The number of halogens is 4. The van der Waals surface area contributed by atoms with Crippen LogP contribution in [0.25, 0.3) is 12.2 Å². The lowest BCUT2D eigenvalue weighted by Gasteiger charge is -2.26. The minimum absolute atomic E-state index is 0.0104. The number of anilines is 2. The summed E-state index contributed by atoms with van der Waals surface area (Å²) < 4.78 is 108. The Hall–Kier alpha value is -2.82. The molecule has 0 bridgehead atoms. The van der Waals surface area contributed by atoms with Crippen molar-refractivity contribution in [3.05, 3.63) is 93.4 Å². The minimum Gasteiger partial charge on any atom is -0.456 e. The lowest BCUT2D eigenvalue weighted by Crippen LogP contribution is -2.24. The van der Waals surface area contributed by atoms with Gasteiger partial charge in [-0.3, -0.25) is 0 Å². The largest absolute Gasteiger partial charge is 0.456 e. The lowest BCUT2D eigenvalue weighted by molar-refractivity contribution is 0.471. The van der Waals surface area contributed by atoms with Gasteiger partial charge in [-0.15, -0.1) is 0 Å². The molecule has 5 rings (SSSR count). The topological polar surface area (TPSA) is 158 Å². The van der Waals surface area contributed by atoms with Crippen LogP contribution in [0.5, 0.6) is 11.5 Å². The van der Waals surface area contributed by atoms with E-state index in [1.165, 1.54) is 48.5 Å². The molecule has 18 heteroatoms. The van der Waals surface area contributed by atoms with Crippen molar-refractivity contribution in [3.63, 3.8) is 0 Å². The smallest absolute Gasteiger partial charge is 0.263 e. The standard InChI is InChI=1S/C32H27Cl4NO9S4/c1-16(2)21-11-19(47(33,38)39)12-22(17(3)4)32(21)37-25-15-27-24(14-30(25)50(36,44)45)31(20-8-6-7-9-28(20)48(34,40)41)23-13-29(49(35,42)43)18(5)10-26(23)46-27/h6-17,37H,5H2,1-4H3. The SMILES string of the molecule is C=c1cc2c(cc1S(=O)(=O)Cl)=C(c1ccccc1S(=O)(=O)Cl)c1cc(S(=O)(=O)Cl)c(Nc3c(C(C)C)cc(S(=O)(=O)Cl)cc3C(C)C)cc1O2. The van der Waals surface area contributed by atoms with Crippen molar-refractivity contribution in [2.24, 2.45) is 0 Å². The highest BCUT2D eigenvalue weighted by molar-refractivity contribution is 8.14. The van der Waals surface area contributed by atoms with Gasteiger partial charge < -0.3 is 10.1 Å². The maximum absolute atomic E-state index is 13.3. The second-order valence-corrected chi connectivity index (χ2v) is 22.1. The van der Waals surface area contributed by atoms with E-state index in [-0.39, 0.29) is 66.0 Å². The lowest BCUT2D eigenvalue weighted by atomic mass is 9.91. The van der Waals surface area contributed by atoms with E-state index in [0.717, 1.165) is 12.1 Å². The molecule has 10 nitrogen and oxygen atoms in total. The first-order chi connectivity index (χ1) is 22.9. The number of fused-ring (bicyclic) bond motifs is 2. The molecule has 0 radical (unpaired) electrons. The van der Waals surface area contributed by atoms with Crippen LogP contribution in [0.15, 0.2) is 80.2 Å². The molecule has 0 aliphatic carbocycles. The first kappa shape index (κ1) is 38.4. The molecule has 1 aliphatic rings. The highest BCUT2D eigenvalue weighted by Gasteiger charge is 2.31. The summed E-state index contributed by atoms with van der Waals surface area (Å²) >= 11 is 0. The molecule has 0 amide bonds. The Morgan fingerprint density at radius 2 is 1.16 bits per heavy atom. The second-order valence-electron chi connectivity index (χ2n) is 11.9. The molecule has 1 aliphatic heterocycles. The van der Waals surface area contributed by atoms with Crippen molar-refractivity contribution in [1.82, 2.24) is 0 Å². The molecule has 4 aromatic rings. The third-order valence-electron chi connectivity index (χ3n) is 7.91. The first-order valence-electron chi connectivity index (χ1n) is 14.5. The zero-order valence-corrected chi connectivity index (χ0v) is 32.7. The highest BCUT2D eigenvalue weighted by atomic mass is 35.7. The van der Waals surface area contributed by atoms with Crippen molar-refractivity contribution in [3.8, 4) is 11.5 Å². The number of nitrogens with one attached hydrogen (secondary N) is 1. The Morgan fingerprint density at radius 3 is 1.66 bits per heavy atom. The molecular weight excluding hydrogens is 812 g/mol. The van der Waals surface area contributed by atoms with Crippen LogP contribution in [0.4, 0.5) is 11.4 Å². The van der Waals surface area contributed by atoms with Gasteiger partial charge in [-0.2, -0.15) is 0 Å². The van der Waals surface area contributed by atoms with Gasteiger partial charge in [0.15, 0.2) is 0 Å².